The number of carbonyl (C=O) groups excluding carboxylic acids is 1. The van der Waals surface area contributed by atoms with Crippen LogP contribution in [0.1, 0.15) is 23.6 Å². The van der Waals surface area contributed by atoms with Gasteiger partial charge in [-0.2, -0.15) is 0 Å². The smallest absolute Gasteiger partial charge is 0.228 e. The first-order valence-corrected chi connectivity index (χ1v) is 8.96. The first kappa shape index (κ1) is 15.3. The molecule has 0 spiro atoms. The van der Waals surface area contributed by atoms with E-state index < -0.39 is 0 Å². The lowest BCUT2D eigenvalue weighted by Crippen LogP contribution is -2.34. The summed E-state index contributed by atoms with van der Waals surface area (Å²) >= 11 is 1.52. The molecule has 5 heteroatoms. The minimum atomic E-state index is 0.0163. The molecule has 24 heavy (non-hydrogen) atoms. The van der Waals surface area contributed by atoms with Gasteiger partial charge in [0.15, 0.2) is 5.13 Å². The fraction of sp³-hybridized carbons (Fsp3) is 0.263. The number of rotatable bonds is 3. The first-order chi connectivity index (χ1) is 11.7. The number of para-hydroxylation sites is 1. The Bertz CT molecular complexity index is 856. The van der Waals surface area contributed by atoms with Crippen LogP contribution in [0.4, 0.5) is 5.13 Å². The third kappa shape index (κ3) is 2.92. The van der Waals surface area contributed by atoms with Gasteiger partial charge in [0.1, 0.15) is 0 Å². The predicted octanol–water partition coefficient (Wildman–Crippen LogP) is 3.85. The van der Waals surface area contributed by atoms with Crippen molar-refractivity contribution in [3.05, 3.63) is 59.7 Å². The average molecular weight is 337 g/mol. The van der Waals surface area contributed by atoms with E-state index in [-0.39, 0.29) is 11.9 Å². The molecule has 0 saturated heterocycles. The number of aromatic nitrogens is 1. The van der Waals surface area contributed by atoms with Gasteiger partial charge in [0.25, 0.3) is 0 Å². The molecule has 1 aromatic heterocycles. The maximum Gasteiger partial charge on any atom is 0.228 e. The van der Waals surface area contributed by atoms with Gasteiger partial charge in [-0.05, 0) is 36.7 Å². The van der Waals surface area contributed by atoms with Crippen molar-refractivity contribution in [3.63, 3.8) is 0 Å². The predicted molar refractivity (Wildman–Crippen MR) is 98.4 cm³/mol. The Hall–Kier alpha value is -2.24. The number of likely N-dealkylation sites (N-methyl/N-ethyl adjacent to an activating group) is 1. The molecule has 0 saturated carbocycles. The molecule has 1 unspecified atom stereocenters. The number of nitrogens with zero attached hydrogens (tertiary/aromatic N) is 2. The summed E-state index contributed by atoms with van der Waals surface area (Å²) in [5.74, 6) is 0.0163. The third-order valence-electron chi connectivity index (χ3n) is 4.60. The molecule has 1 aliphatic heterocycles. The van der Waals surface area contributed by atoms with E-state index in [1.165, 1.54) is 22.5 Å². The van der Waals surface area contributed by atoms with Crippen LogP contribution >= 0.6 is 11.3 Å². The molecule has 4 rings (SSSR count). The second-order valence-electron chi connectivity index (χ2n) is 6.18. The van der Waals surface area contributed by atoms with E-state index in [9.17, 15) is 4.79 Å². The van der Waals surface area contributed by atoms with E-state index in [0.29, 0.717) is 11.6 Å². The summed E-state index contributed by atoms with van der Waals surface area (Å²) in [6, 6.07) is 16.5. The van der Waals surface area contributed by atoms with E-state index in [4.69, 9.17) is 0 Å². The number of fused-ring (bicyclic) bond motifs is 2. The second kappa shape index (κ2) is 6.34. The average Bonchev–Trinajstić information content (AvgIpc) is 2.99. The second-order valence-corrected chi connectivity index (χ2v) is 7.21. The highest BCUT2D eigenvalue weighted by Gasteiger charge is 2.26. The Balaban J connectivity index is 1.51. The summed E-state index contributed by atoms with van der Waals surface area (Å²) in [7, 11) is 2.09. The molecule has 2 heterocycles. The van der Waals surface area contributed by atoms with Gasteiger partial charge in [0.2, 0.25) is 5.91 Å². The van der Waals surface area contributed by atoms with Gasteiger partial charge in [-0.15, -0.1) is 0 Å². The topological polar surface area (TPSA) is 45.2 Å². The van der Waals surface area contributed by atoms with Crippen LogP contribution in [0.15, 0.2) is 48.5 Å². The van der Waals surface area contributed by atoms with Gasteiger partial charge >= 0.3 is 0 Å². The van der Waals surface area contributed by atoms with Gasteiger partial charge in [-0.3, -0.25) is 9.69 Å². The zero-order chi connectivity index (χ0) is 16.5. The third-order valence-corrected chi connectivity index (χ3v) is 5.55. The largest absolute Gasteiger partial charge is 0.302 e. The Labute approximate surface area is 145 Å². The van der Waals surface area contributed by atoms with Gasteiger partial charge < -0.3 is 5.32 Å². The van der Waals surface area contributed by atoms with Crippen LogP contribution in [0.5, 0.6) is 0 Å². The molecule has 0 aliphatic carbocycles. The van der Waals surface area contributed by atoms with Crippen molar-refractivity contribution in [2.75, 3.05) is 18.9 Å². The summed E-state index contributed by atoms with van der Waals surface area (Å²) in [4.78, 5) is 19.3. The highest BCUT2D eigenvalue weighted by Crippen LogP contribution is 2.32. The summed E-state index contributed by atoms with van der Waals surface area (Å²) < 4.78 is 1.09. The fourth-order valence-corrected chi connectivity index (χ4v) is 4.20. The number of amides is 1. The number of thiazole rings is 1. The van der Waals surface area contributed by atoms with Gasteiger partial charge in [0.05, 0.1) is 10.2 Å². The maximum atomic E-state index is 12.5. The molecule has 1 aliphatic rings. The van der Waals surface area contributed by atoms with Crippen LogP contribution in [0, 0.1) is 0 Å². The molecule has 1 atom stereocenters. The van der Waals surface area contributed by atoms with Crippen molar-refractivity contribution >= 4 is 32.6 Å². The van der Waals surface area contributed by atoms with Crippen molar-refractivity contribution in [2.24, 2.45) is 0 Å². The molecular formula is C19H19N3OS. The number of anilines is 1. The molecule has 4 nitrogen and oxygen atoms in total. The minimum Gasteiger partial charge on any atom is -0.302 e. The Morgan fingerprint density at radius 2 is 2.04 bits per heavy atom. The van der Waals surface area contributed by atoms with E-state index in [1.54, 1.807) is 0 Å². The summed E-state index contributed by atoms with van der Waals surface area (Å²) in [6.45, 7) is 0.982. The Morgan fingerprint density at radius 3 is 2.92 bits per heavy atom. The highest BCUT2D eigenvalue weighted by molar-refractivity contribution is 7.22. The molecule has 2 aromatic carbocycles. The maximum absolute atomic E-state index is 12.5. The molecular weight excluding hydrogens is 318 g/mol. The number of benzene rings is 2. The summed E-state index contributed by atoms with van der Waals surface area (Å²) in [5.41, 5.74) is 3.55. The highest BCUT2D eigenvalue weighted by atomic mass is 32.1. The van der Waals surface area contributed by atoms with Crippen molar-refractivity contribution in [1.82, 2.24) is 9.88 Å². The lowest BCUT2D eigenvalue weighted by atomic mass is 9.91. The Morgan fingerprint density at radius 1 is 1.25 bits per heavy atom. The number of hydrogen-bond acceptors (Lipinski definition) is 4. The molecule has 1 amide bonds. The number of carbonyl (C=O) groups is 1. The van der Waals surface area contributed by atoms with Crippen LogP contribution < -0.4 is 5.32 Å². The molecule has 122 valence electrons. The fourth-order valence-electron chi connectivity index (χ4n) is 3.31. The van der Waals surface area contributed by atoms with E-state index >= 15 is 0 Å². The van der Waals surface area contributed by atoms with Crippen LogP contribution in [0.3, 0.4) is 0 Å². The normalized spacial score (nSPS) is 17.6. The summed E-state index contributed by atoms with van der Waals surface area (Å²) in [5, 5.41) is 3.65. The number of nitrogens with one attached hydrogen (secondary N) is 1. The van der Waals surface area contributed by atoms with Gasteiger partial charge in [-0.25, -0.2) is 4.98 Å². The summed E-state index contributed by atoms with van der Waals surface area (Å²) in [6.07, 6.45) is 1.49. The molecule has 0 radical (unpaired) electrons. The zero-order valence-electron chi connectivity index (χ0n) is 13.5. The minimum absolute atomic E-state index is 0.0163. The zero-order valence-corrected chi connectivity index (χ0v) is 14.3. The standard InChI is InChI=1S/C19H19N3OS/c1-22-11-10-13-6-2-3-7-14(13)16(22)12-18(23)21-19-20-15-8-4-5-9-17(15)24-19/h2-9,16H,10-12H2,1H3,(H,20,21,23). The monoisotopic (exact) mass is 337 g/mol. The molecule has 0 fully saturated rings. The molecule has 3 aromatic rings. The van der Waals surface area contributed by atoms with Crippen molar-refractivity contribution in [1.29, 1.82) is 0 Å². The van der Waals surface area contributed by atoms with Crippen LogP contribution in [-0.2, 0) is 11.2 Å². The van der Waals surface area contributed by atoms with E-state index in [0.717, 1.165) is 23.2 Å². The van der Waals surface area contributed by atoms with Gasteiger partial charge in [0, 0.05) is 19.0 Å². The van der Waals surface area contributed by atoms with E-state index in [2.05, 4.69) is 46.5 Å². The molecule has 0 bridgehead atoms. The quantitative estimate of drug-likeness (QED) is 0.789. The lowest BCUT2D eigenvalue weighted by Gasteiger charge is -2.34. The van der Waals surface area contributed by atoms with E-state index in [1.807, 2.05) is 24.3 Å². The van der Waals surface area contributed by atoms with Crippen LogP contribution in [0.2, 0.25) is 0 Å². The van der Waals surface area contributed by atoms with Gasteiger partial charge in [-0.1, -0.05) is 47.7 Å². The Kier molecular flexibility index (Phi) is 4.04. The van der Waals surface area contributed by atoms with Crippen LogP contribution in [0.25, 0.3) is 10.2 Å². The lowest BCUT2D eigenvalue weighted by molar-refractivity contribution is -0.117. The van der Waals surface area contributed by atoms with Crippen molar-refractivity contribution < 1.29 is 4.79 Å². The first-order valence-electron chi connectivity index (χ1n) is 8.14. The van der Waals surface area contributed by atoms with Crippen molar-refractivity contribution in [2.45, 2.75) is 18.9 Å². The molecule has 1 N–H and O–H groups in total. The van der Waals surface area contributed by atoms with Crippen LogP contribution in [-0.4, -0.2) is 29.4 Å². The van der Waals surface area contributed by atoms with Crippen molar-refractivity contribution in [3.8, 4) is 0 Å². The number of hydrogen-bond donors (Lipinski definition) is 1. The SMILES string of the molecule is CN1CCc2ccccc2C1CC(=O)Nc1nc2ccccc2s1.